The van der Waals surface area contributed by atoms with E-state index in [-0.39, 0.29) is 4.90 Å². The van der Waals surface area contributed by atoms with Gasteiger partial charge in [0, 0.05) is 22.0 Å². The molecule has 7 heteroatoms. The van der Waals surface area contributed by atoms with Crippen molar-refractivity contribution in [3.63, 3.8) is 0 Å². The Morgan fingerprint density at radius 2 is 1.64 bits per heavy atom. The maximum atomic E-state index is 13.2. The first-order valence-corrected chi connectivity index (χ1v) is 12.9. The maximum Gasteiger partial charge on any atom is 0.285 e. The Hall–Kier alpha value is -3.42. The molecule has 0 spiro atoms. The Balaban J connectivity index is 1.76. The molecule has 33 heavy (non-hydrogen) atoms. The molecule has 0 saturated carbocycles. The zero-order valence-corrected chi connectivity index (χ0v) is 19.9. The van der Waals surface area contributed by atoms with Gasteiger partial charge in [0.25, 0.3) is 10.0 Å². The van der Waals surface area contributed by atoms with Crippen molar-refractivity contribution in [2.24, 2.45) is 4.40 Å². The molecule has 0 atom stereocenters. The fourth-order valence-electron chi connectivity index (χ4n) is 3.92. The van der Waals surface area contributed by atoms with E-state index in [4.69, 9.17) is 4.42 Å². The molecular formula is C26H22N2O3S2. The van der Waals surface area contributed by atoms with Gasteiger partial charge in [0.15, 0.2) is 0 Å². The Morgan fingerprint density at radius 3 is 2.36 bits per heavy atom. The Bertz CT molecular complexity index is 1610. The van der Waals surface area contributed by atoms with Crippen LogP contribution < -0.4 is 4.80 Å². The number of hydrogen-bond donors (Lipinski definition) is 0. The van der Waals surface area contributed by atoms with Gasteiger partial charge >= 0.3 is 0 Å². The number of furan rings is 1. The minimum Gasteiger partial charge on any atom is -0.461 e. The molecule has 2 heterocycles. The molecular weight excluding hydrogens is 452 g/mol. The molecule has 3 aromatic carbocycles. The highest BCUT2D eigenvalue weighted by Crippen LogP contribution is 2.35. The van der Waals surface area contributed by atoms with Crippen molar-refractivity contribution < 1.29 is 12.8 Å². The lowest BCUT2D eigenvalue weighted by molar-refractivity contribution is 0.579. The average Bonchev–Trinajstić information content (AvgIpc) is 3.38. The quantitative estimate of drug-likeness (QED) is 0.309. The second-order valence-electron chi connectivity index (χ2n) is 7.67. The summed E-state index contributed by atoms with van der Waals surface area (Å²) in [6.45, 7) is 3.95. The van der Waals surface area contributed by atoms with Gasteiger partial charge in [0.05, 0.1) is 10.6 Å². The Morgan fingerprint density at radius 1 is 0.939 bits per heavy atom. The second-order valence-corrected chi connectivity index (χ2v) is 10.1. The summed E-state index contributed by atoms with van der Waals surface area (Å²) in [5, 5.41) is 2.91. The highest BCUT2D eigenvalue weighted by Gasteiger charge is 2.20. The van der Waals surface area contributed by atoms with Crippen molar-refractivity contribution in [3.8, 4) is 16.9 Å². The van der Waals surface area contributed by atoms with E-state index in [0.29, 0.717) is 4.80 Å². The number of hydrogen-bond acceptors (Lipinski definition) is 4. The first-order chi connectivity index (χ1) is 16.0. The molecule has 5 nitrogen and oxygen atoms in total. The molecule has 0 aliphatic carbocycles. The lowest BCUT2D eigenvalue weighted by Gasteiger charge is -2.09. The van der Waals surface area contributed by atoms with E-state index in [1.807, 2.05) is 90.5 Å². The van der Waals surface area contributed by atoms with Gasteiger partial charge in [-0.2, -0.15) is 8.42 Å². The predicted octanol–water partition coefficient (Wildman–Crippen LogP) is 6.11. The van der Waals surface area contributed by atoms with Crippen LogP contribution in [-0.4, -0.2) is 13.0 Å². The molecule has 0 aliphatic heterocycles. The van der Waals surface area contributed by atoms with Crippen molar-refractivity contribution in [3.05, 3.63) is 100 Å². The lowest BCUT2D eigenvalue weighted by atomic mass is 10.1. The molecule has 166 valence electrons. The second kappa shape index (κ2) is 8.50. The number of sulfonamides is 1. The Labute approximate surface area is 196 Å². The fraction of sp³-hybridized carbons (Fsp3) is 0.115. The van der Waals surface area contributed by atoms with E-state index in [1.165, 1.54) is 11.3 Å². The van der Waals surface area contributed by atoms with E-state index in [2.05, 4.69) is 4.40 Å². The van der Waals surface area contributed by atoms with Gasteiger partial charge in [0.2, 0.25) is 4.80 Å². The largest absolute Gasteiger partial charge is 0.461 e. The third-order valence-corrected chi connectivity index (χ3v) is 7.80. The average molecular weight is 475 g/mol. The molecule has 0 radical (unpaired) electrons. The minimum atomic E-state index is -3.89. The molecule has 2 aromatic heterocycles. The van der Waals surface area contributed by atoms with Crippen LogP contribution in [0.1, 0.15) is 18.2 Å². The van der Waals surface area contributed by atoms with Gasteiger partial charge < -0.3 is 4.42 Å². The SMILES string of the molecule is CCc1ccc(S(=O)(=O)N=c2scc(-c3c(C)oc4ccccc34)n2-c2ccccc2)cc1. The smallest absolute Gasteiger partial charge is 0.285 e. The first-order valence-electron chi connectivity index (χ1n) is 10.6. The van der Waals surface area contributed by atoms with E-state index in [0.717, 1.165) is 45.7 Å². The van der Waals surface area contributed by atoms with Crippen LogP contribution in [-0.2, 0) is 16.4 Å². The zero-order chi connectivity index (χ0) is 23.0. The number of para-hydroxylation sites is 2. The van der Waals surface area contributed by atoms with Gasteiger partial charge in [-0.25, -0.2) is 0 Å². The number of nitrogens with zero attached hydrogens (tertiary/aromatic N) is 2. The van der Waals surface area contributed by atoms with Crippen molar-refractivity contribution in [1.82, 2.24) is 4.57 Å². The summed E-state index contributed by atoms with van der Waals surface area (Å²) >= 11 is 1.29. The zero-order valence-electron chi connectivity index (χ0n) is 18.2. The monoisotopic (exact) mass is 474 g/mol. The Kier molecular flexibility index (Phi) is 5.52. The summed E-state index contributed by atoms with van der Waals surface area (Å²) in [7, 11) is -3.89. The van der Waals surface area contributed by atoms with Crippen LogP contribution in [0.15, 0.2) is 98.0 Å². The minimum absolute atomic E-state index is 0.180. The highest BCUT2D eigenvalue weighted by atomic mass is 32.2. The molecule has 0 amide bonds. The topological polar surface area (TPSA) is 64.6 Å². The summed E-state index contributed by atoms with van der Waals surface area (Å²) in [4.78, 5) is 0.555. The molecule has 5 aromatic rings. The molecule has 0 aliphatic rings. The summed E-state index contributed by atoms with van der Waals surface area (Å²) in [6, 6.07) is 24.4. The van der Waals surface area contributed by atoms with Crippen molar-refractivity contribution >= 4 is 32.3 Å². The number of benzene rings is 3. The third kappa shape index (κ3) is 3.94. The normalized spacial score (nSPS) is 12.5. The summed E-state index contributed by atoms with van der Waals surface area (Å²) in [5.74, 6) is 0.767. The van der Waals surface area contributed by atoms with Crippen LogP contribution in [0.4, 0.5) is 0 Å². The fourth-order valence-corrected chi connectivity index (χ4v) is 6.00. The van der Waals surface area contributed by atoms with Gasteiger partial charge in [-0.1, -0.05) is 55.5 Å². The highest BCUT2D eigenvalue weighted by molar-refractivity contribution is 7.90. The van der Waals surface area contributed by atoms with Crippen molar-refractivity contribution in [2.75, 3.05) is 0 Å². The molecule has 0 N–H and O–H groups in total. The molecule has 0 unspecified atom stereocenters. The maximum absolute atomic E-state index is 13.2. The van der Waals surface area contributed by atoms with Crippen LogP contribution in [0.25, 0.3) is 27.9 Å². The van der Waals surface area contributed by atoms with Crippen molar-refractivity contribution in [1.29, 1.82) is 0 Å². The van der Waals surface area contributed by atoms with Crippen LogP contribution in [0.5, 0.6) is 0 Å². The number of fused-ring (bicyclic) bond motifs is 1. The molecule has 0 fully saturated rings. The van der Waals surface area contributed by atoms with Crippen LogP contribution in [0.2, 0.25) is 0 Å². The first kappa shape index (κ1) is 21.4. The van der Waals surface area contributed by atoms with Crippen LogP contribution in [0.3, 0.4) is 0 Å². The summed E-state index contributed by atoms with van der Waals surface area (Å²) in [5.41, 5.74) is 4.46. The molecule has 0 saturated heterocycles. The van der Waals surface area contributed by atoms with Crippen LogP contribution in [0, 0.1) is 6.92 Å². The van der Waals surface area contributed by atoms with E-state index in [9.17, 15) is 8.42 Å². The van der Waals surface area contributed by atoms with E-state index < -0.39 is 10.0 Å². The third-order valence-electron chi connectivity index (χ3n) is 5.58. The van der Waals surface area contributed by atoms with Gasteiger partial charge in [-0.05, 0) is 49.2 Å². The number of rotatable bonds is 5. The summed E-state index contributed by atoms with van der Waals surface area (Å²) in [6.07, 6.45) is 0.845. The molecule has 0 bridgehead atoms. The van der Waals surface area contributed by atoms with E-state index in [1.54, 1.807) is 12.1 Å². The standard InChI is InChI=1S/C26H22N2O3S2/c1-3-19-13-15-21(16-14-19)33(29,30)27-26-28(20-9-5-4-6-10-20)23(17-32-26)25-18(2)31-24-12-8-7-11-22(24)25/h4-17H,3H2,1-2H3. The number of aryl methyl sites for hydroxylation is 2. The molecule has 5 rings (SSSR count). The van der Waals surface area contributed by atoms with Gasteiger partial charge in [-0.15, -0.1) is 15.7 Å². The lowest BCUT2D eigenvalue weighted by Crippen LogP contribution is -2.16. The van der Waals surface area contributed by atoms with Gasteiger partial charge in [0.1, 0.15) is 11.3 Å². The van der Waals surface area contributed by atoms with Crippen molar-refractivity contribution in [2.45, 2.75) is 25.2 Å². The van der Waals surface area contributed by atoms with Gasteiger partial charge in [-0.3, -0.25) is 4.57 Å². The van der Waals surface area contributed by atoms with E-state index >= 15 is 0 Å². The number of aromatic nitrogens is 1. The van der Waals surface area contributed by atoms with Crippen LogP contribution >= 0.6 is 11.3 Å². The number of thiazole rings is 1. The summed E-state index contributed by atoms with van der Waals surface area (Å²) < 4.78 is 38.5. The predicted molar refractivity (Wildman–Crippen MR) is 132 cm³/mol.